The van der Waals surface area contributed by atoms with E-state index in [1.54, 1.807) is 42.5 Å². The van der Waals surface area contributed by atoms with Crippen LogP contribution in [0.15, 0.2) is 42.5 Å². The molecule has 140 valence electrons. The van der Waals surface area contributed by atoms with Crippen LogP contribution in [0.2, 0.25) is 0 Å². The lowest BCUT2D eigenvalue weighted by Gasteiger charge is -2.26. The van der Waals surface area contributed by atoms with Crippen LogP contribution in [-0.4, -0.2) is 45.6 Å². The number of methoxy groups -OCH3 is 3. The Bertz CT molecular complexity index is 717. The van der Waals surface area contributed by atoms with E-state index in [1.165, 1.54) is 21.3 Å². The van der Waals surface area contributed by atoms with E-state index in [0.29, 0.717) is 35.0 Å². The van der Waals surface area contributed by atoms with E-state index >= 15 is 0 Å². The molecule has 0 aliphatic carbocycles. The van der Waals surface area contributed by atoms with Gasteiger partial charge in [-0.1, -0.05) is 18.2 Å². The number of rotatable bonds is 10. The fourth-order valence-electron chi connectivity index (χ4n) is 2.54. The van der Waals surface area contributed by atoms with Gasteiger partial charge in [0.05, 0.1) is 27.9 Å². The summed E-state index contributed by atoms with van der Waals surface area (Å²) in [5.74, 6) is 1.93. The van der Waals surface area contributed by atoms with Gasteiger partial charge in [-0.25, -0.2) is 0 Å². The normalized spacial score (nSPS) is 12.6. The molecule has 2 atom stereocenters. The summed E-state index contributed by atoms with van der Waals surface area (Å²) in [5.41, 5.74) is 0.587. The molecular weight excluding hydrogens is 340 g/mol. The van der Waals surface area contributed by atoms with E-state index in [1.807, 2.05) is 0 Å². The van der Waals surface area contributed by atoms with Gasteiger partial charge in [0.2, 0.25) is 0 Å². The Morgan fingerprint density at radius 2 is 1.54 bits per heavy atom. The van der Waals surface area contributed by atoms with Gasteiger partial charge in [0, 0.05) is 5.56 Å². The van der Waals surface area contributed by atoms with E-state index in [9.17, 15) is 9.90 Å². The topological polar surface area (TPSA) is 83.5 Å². The van der Waals surface area contributed by atoms with Gasteiger partial charge >= 0.3 is 0 Å². The number of aliphatic hydroxyl groups is 1. The molecule has 1 N–H and O–H groups in total. The van der Waals surface area contributed by atoms with Gasteiger partial charge in [-0.2, -0.15) is 0 Å². The average Bonchev–Trinajstić information content (AvgIpc) is 2.70. The van der Waals surface area contributed by atoms with Crippen LogP contribution in [-0.2, 0) is 9.53 Å². The third kappa shape index (κ3) is 4.37. The van der Waals surface area contributed by atoms with Crippen molar-refractivity contribution in [3.05, 3.63) is 48.0 Å². The Hall–Kier alpha value is -2.93. The molecule has 26 heavy (non-hydrogen) atoms. The minimum Gasteiger partial charge on any atom is -0.493 e. The minimum atomic E-state index is -0.859. The lowest BCUT2D eigenvalue weighted by atomic mass is 10.0. The van der Waals surface area contributed by atoms with Crippen molar-refractivity contribution in [3.63, 3.8) is 0 Å². The highest BCUT2D eigenvalue weighted by atomic mass is 16.6. The molecule has 0 spiro atoms. The van der Waals surface area contributed by atoms with Crippen molar-refractivity contribution in [2.45, 2.75) is 12.2 Å². The second-order valence-electron chi connectivity index (χ2n) is 5.26. The summed E-state index contributed by atoms with van der Waals surface area (Å²) in [6, 6.07) is 12.1. The van der Waals surface area contributed by atoms with Crippen molar-refractivity contribution >= 4 is 6.47 Å². The number of hydrogen-bond acceptors (Lipinski definition) is 7. The summed E-state index contributed by atoms with van der Waals surface area (Å²) in [4.78, 5) is 11.0. The molecule has 0 fully saturated rings. The summed E-state index contributed by atoms with van der Waals surface area (Å²) in [6.07, 6.45) is -1.71. The molecule has 2 rings (SSSR count). The zero-order valence-corrected chi connectivity index (χ0v) is 14.9. The first-order valence-electron chi connectivity index (χ1n) is 7.90. The van der Waals surface area contributed by atoms with Crippen molar-refractivity contribution in [2.75, 3.05) is 27.9 Å². The molecule has 2 aromatic rings. The molecule has 0 saturated heterocycles. The van der Waals surface area contributed by atoms with Crippen molar-refractivity contribution < 1.29 is 33.6 Å². The van der Waals surface area contributed by atoms with Gasteiger partial charge in [-0.15, -0.1) is 0 Å². The van der Waals surface area contributed by atoms with Gasteiger partial charge in [0.1, 0.15) is 0 Å². The van der Waals surface area contributed by atoms with Gasteiger partial charge in [0.15, 0.2) is 35.2 Å². The first-order valence-corrected chi connectivity index (χ1v) is 7.90. The molecule has 0 aliphatic heterocycles. The van der Waals surface area contributed by atoms with E-state index in [2.05, 4.69) is 0 Å². The summed E-state index contributed by atoms with van der Waals surface area (Å²) < 4.78 is 26.8. The van der Waals surface area contributed by atoms with Gasteiger partial charge in [-0.3, -0.25) is 4.79 Å². The van der Waals surface area contributed by atoms with E-state index in [-0.39, 0.29) is 6.61 Å². The van der Waals surface area contributed by atoms with Gasteiger partial charge in [0.25, 0.3) is 6.47 Å². The molecule has 7 heteroatoms. The molecular formula is C19H22O7. The van der Waals surface area contributed by atoms with Gasteiger partial charge < -0.3 is 28.8 Å². The number of para-hydroxylation sites is 2. The lowest BCUT2D eigenvalue weighted by molar-refractivity contribution is -0.140. The smallest absolute Gasteiger partial charge is 0.293 e. The highest BCUT2D eigenvalue weighted by Gasteiger charge is 2.28. The molecule has 0 aliphatic rings. The number of aliphatic hydroxyl groups excluding tert-OH is 1. The highest BCUT2D eigenvalue weighted by molar-refractivity contribution is 5.46. The van der Waals surface area contributed by atoms with Gasteiger partial charge in [-0.05, 0) is 24.3 Å². The average molecular weight is 362 g/mol. The predicted molar refractivity (Wildman–Crippen MR) is 93.9 cm³/mol. The van der Waals surface area contributed by atoms with Crippen molar-refractivity contribution in [1.29, 1.82) is 0 Å². The number of carbonyl (C=O) groups is 1. The van der Waals surface area contributed by atoms with Crippen LogP contribution in [0, 0.1) is 0 Å². The molecule has 0 saturated carbocycles. The van der Waals surface area contributed by atoms with E-state index in [0.717, 1.165) is 0 Å². The number of benzene rings is 2. The third-order valence-corrected chi connectivity index (χ3v) is 3.80. The summed E-state index contributed by atoms with van der Waals surface area (Å²) in [5, 5.41) is 9.82. The molecule has 2 unspecified atom stereocenters. The SMILES string of the molecule is COc1ccc(C(OC=O)C(CO)Oc2ccccc2OC)cc1OC. The Kier molecular flexibility index (Phi) is 7.11. The monoisotopic (exact) mass is 362 g/mol. The second kappa shape index (κ2) is 9.53. The molecule has 0 radical (unpaired) electrons. The van der Waals surface area contributed by atoms with Crippen LogP contribution in [0.1, 0.15) is 11.7 Å². The fraction of sp³-hybridized carbons (Fsp3) is 0.316. The first kappa shape index (κ1) is 19.4. The molecule has 7 nitrogen and oxygen atoms in total. The van der Waals surface area contributed by atoms with Crippen molar-refractivity contribution in [1.82, 2.24) is 0 Å². The Morgan fingerprint density at radius 3 is 2.12 bits per heavy atom. The summed E-state index contributed by atoms with van der Waals surface area (Å²) in [7, 11) is 4.55. The van der Waals surface area contributed by atoms with Crippen molar-refractivity contribution in [2.24, 2.45) is 0 Å². The maximum Gasteiger partial charge on any atom is 0.293 e. The zero-order valence-electron chi connectivity index (χ0n) is 14.9. The highest BCUT2D eigenvalue weighted by Crippen LogP contribution is 2.34. The lowest BCUT2D eigenvalue weighted by Crippen LogP contribution is -2.31. The molecule has 0 aromatic heterocycles. The first-order chi connectivity index (χ1) is 12.7. The maximum absolute atomic E-state index is 11.0. The van der Waals surface area contributed by atoms with Crippen LogP contribution in [0.25, 0.3) is 0 Å². The molecule has 0 bridgehead atoms. The molecule has 0 amide bonds. The number of ether oxygens (including phenoxy) is 5. The fourth-order valence-corrected chi connectivity index (χ4v) is 2.54. The van der Waals surface area contributed by atoms with Crippen LogP contribution < -0.4 is 18.9 Å². The van der Waals surface area contributed by atoms with E-state index < -0.39 is 12.2 Å². The van der Waals surface area contributed by atoms with Crippen LogP contribution in [0.5, 0.6) is 23.0 Å². The summed E-state index contributed by atoms with van der Waals surface area (Å²) in [6.45, 7) is -0.0689. The number of hydrogen-bond donors (Lipinski definition) is 1. The maximum atomic E-state index is 11.0. The second-order valence-corrected chi connectivity index (χ2v) is 5.26. The Labute approximate surface area is 152 Å². The minimum absolute atomic E-state index is 0.315. The third-order valence-electron chi connectivity index (χ3n) is 3.80. The summed E-state index contributed by atoms with van der Waals surface area (Å²) >= 11 is 0. The Balaban J connectivity index is 2.35. The van der Waals surface area contributed by atoms with Crippen LogP contribution >= 0.6 is 0 Å². The largest absolute Gasteiger partial charge is 0.493 e. The molecule has 0 heterocycles. The quantitative estimate of drug-likeness (QED) is 0.650. The standard InChI is InChI=1S/C19H22O7/c1-22-14-6-4-5-7-16(14)26-18(11-20)19(25-12-21)13-8-9-15(23-2)17(10-13)24-3/h4-10,12,18-20H,11H2,1-3H3. The Morgan fingerprint density at radius 1 is 0.923 bits per heavy atom. The predicted octanol–water partition coefficient (Wildman–Crippen LogP) is 2.37. The van der Waals surface area contributed by atoms with E-state index in [4.69, 9.17) is 23.7 Å². The van der Waals surface area contributed by atoms with Crippen molar-refractivity contribution in [3.8, 4) is 23.0 Å². The van der Waals surface area contributed by atoms with Crippen LogP contribution in [0.4, 0.5) is 0 Å². The zero-order chi connectivity index (χ0) is 18.9. The number of carbonyl (C=O) groups excluding carboxylic acids is 1. The molecule has 2 aromatic carbocycles. The van der Waals surface area contributed by atoms with Crippen LogP contribution in [0.3, 0.4) is 0 Å².